The Morgan fingerprint density at radius 3 is 2.71 bits per heavy atom. The first-order chi connectivity index (χ1) is 16.0. The van der Waals surface area contributed by atoms with Crippen LogP contribution in [0.5, 0.6) is 0 Å². The van der Waals surface area contributed by atoms with Gasteiger partial charge in [-0.15, -0.1) is 16.2 Å². The molecular formula is C16H12F3N7O5S3. The fraction of sp³-hybridized carbons (Fsp3) is 0.375. The third-order valence-corrected chi connectivity index (χ3v) is 7.74. The third kappa shape index (κ3) is 4.34. The summed E-state index contributed by atoms with van der Waals surface area (Å²) in [4.78, 5) is 55.9. The number of alkyl halides is 3. The van der Waals surface area contributed by atoms with Gasteiger partial charge >= 0.3 is 12.1 Å². The van der Waals surface area contributed by atoms with Crippen LogP contribution in [0.25, 0.3) is 0 Å². The van der Waals surface area contributed by atoms with Crippen LogP contribution in [0.15, 0.2) is 26.3 Å². The first-order valence-corrected chi connectivity index (χ1v) is 11.6. The molecule has 2 amide bonds. The second-order valence-corrected chi connectivity index (χ2v) is 10.1. The molecule has 180 valence electrons. The van der Waals surface area contributed by atoms with Crippen molar-refractivity contribution in [2.45, 2.75) is 41.5 Å². The summed E-state index contributed by atoms with van der Waals surface area (Å²) in [6.45, 7) is 0. The van der Waals surface area contributed by atoms with Crippen molar-refractivity contribution in [3.05, 3.63) is 32.4 Å². The number of carbonyl (C=O) groups excluding carboxylic acids is 2. The topological polar surface area (TPSA) is 181 Å². The predicted molar refractivity (Wildman–Crippen MR) is 112 cm³/mol. The van der Waals surface area contributed by atoms with Gasteiger partial charge in [0.15, 0.2) is 15.3 Å². The van der Waals surface area contributed by atoms with Gasteiger partial charge in [0.2, 0.25) is 6.04 Å². The quantitative estimate of drug-likeness (QED) is 0.350. The van der Waals surface area contributed by atoms with E-state index in [4.69, 9.17) is 5.73 Å². The Hall–Kier alpha value is -3.12. The Balaban J connectivity index is 1.51. The van der Waals surface area contributed by atoms with E-state index in [0.717, 1.165) is 28.2 Å². The summed E-state index contributed by atoms with van der Waals surface area (Å²) in [7, 11) is 0. The molecule has 2 aliphatic heterocycles. The Morgan fingerprint density at radius 1 is 1.41 bits per heavy atom. The van der Waals surface area contributed by atoms with Gasteiger partial charge in [0.25, 0.3) is 11.8 Å². The van der Waals surface area contributed by atoms with Gasteiger partial charge in [-0.1, -0.05) is 11.8 Å². The average Bonchev–Trinajstić information content (AvgIpc) is 3.41. The minimum atomic E-state index is -4.58. The molecule has 0 spiro atoms. The standard InChI is InChI=1S/C16H12F3N7O5S3/c17-16(18,19)6-3-21-15(33-6)32-5-2-1-4-7(12(28)26(4)9(5)13(29)30)22-11(27)8(24-31)10-23-14(20)34-25-10/h3-4,7-8H,1-2H2,(H,22,27)(H,29,30)(H2,20,23,25). The van der Waals surface area contributed by atoms with Crippen molar-refractivity contribution < 1.29 is 32.7 Å². The zero-order chi connectivity index (χ0) is 24.8. The largest absolute Gasteiger partial charge is 0.477 e. The first-order valence-electron chi connectivity index (χ1n) is 9.23. The number of amides is 2. The van der Waals surface area contributed by atoms with Crippen LogP contribution >= 0.6 is 34.6 Å². The molecule has 4 N–H and O–H groups in total. The molecule has 1 fully saturated rings. The number of carbonyl (C=O) groups is 3. The van der Waals surface area contributed by atoms with Crippen LogP contribution in [0, 0.1) is 4.91 Å². The van der Waals surface area contributed by atoms with Crippen LogP contribution < -0.4 is 11.1 Å². The molecule has 18 heteroatoms. The number of rotatable bonds is 7. The number of thiazole rings is 1. The van der Waals surface area contributed by atoms with Crippen LogP contribution in [0.3, 0.4) is 0 Å². The smallest absolute Gasteiger partial charge is 0.427 e. The summed E-state index contributed by atoms with van der Waals surface area (Å²) in [6.07, 6.45) is -3.59. The molecule has 0 aliphatic carbocycles. The molecule has 0 bridgehead atoms. The Bertz CT molecular complexity index is 1210. The third-order valence-electron chi connectivity index (χ3n) is 4.92. The zero-order valence-corrected chi connectivity index (χ0v) is 18.9. The summed E-state index contributed by atoms with van der Waals surface area (Å²) in [6, 6.07) is -3.49. The molecule has 3 atom stereocenters. The molecule has 0 aromatic carbocycles. The van der Waals surface area contributed by atoms with Gasteiger partial charge in [0.1, 0.15) is 16.6 Å². The number of fused-ring (bicyclic) bond motifs is 1. The number of allylic oxidation sites excluding steroid dienone is 1. The van der Waals surface area contributed by atoms with E-state index in [-0.39, 0.29) is 38.7 Å². The number of nitrogens with one attached hydrogen (secondary N) is 1. The zero-order valence-electron chi connectivity index (χ0n) is 16.5. The number of hydrogen-bond donors (Lipinski definition) is 3. The number of hydrogen-bond acceptors (Lipinski definition) is 12. The number of nitroso groups, excluding NO2 is 1. The molecule has 2 aromatic heterocycles. The number of β-lactam (4-membered cyclic amide) rings is 1. The van der Waals surface area contributed by atoms with E-state index in [1.807, 2.05) is 0 Å². The van der Waals surface area contributed by atoms with Gasteiger partial charge in [-0.25, -0.2) is 14.8 Å². The minimum Gasteiger partial charge on any atom is -0.477 e. The van der Waals surface area contributed by atoms with Crippen molar-refractivity contribution in [3.63, 3.8) is 0 Å². The van der Waals surface area contributed by atoms with Gasteiger partial charge in [0.05, 0.1) is 12.2 Å². The van der Waals surface area contributed by atoms with Crippen LogP contribution in [-0.4, -0.2) is 54.2 Å². The normalized spacial score (nSPS) is 21.0. The molecule has 4 rings (SSSR count). The molecular weight excluding hydrogens is 523 g/mol. The van der Waals surface area contributed by atoms with Gasteiger partial charge in [0, 0.05) is 16.4 Å². The second kappa shape index (κ2) is 8.91. The number of halogens is 3. The van der Waals surface area contributed by atoms with Crippen molar-refractivity contribution in [1.29, 1.82) is 0 Å². The Labute approximate surface area is 199 Å². The highest BCUT2D eigenvalue weighted by Crippen LogP contribution is 2.45. The van der Waals surface area contributed by atoms with Gasteiger partial charge in [-0.2, -0.15) is 17.5 Å². The van der Waals surface area contributed by atoms with E-state index in [9.17, 15) is 37.6 Å². The van der Waals surface area contributed by atoms with Gasteiger partial charge in [-0.3, -0.25) is 14.5 Å². The van der Waals surface area contributed by atoms with Crippen LogP contribution in [0.1, 0.15) is 29.6 Å². The Kier molecular flexibility index (Phi) is 6.30. The van der Waals surface area contributed by atoms with Gasteiger partial charge in [-0.05, 0) is 18.0 Å². The van der Waals surface area contributed by atoms with Crippen molar-refractivity contribution in [3.8, 4) is 0 Å². The van der Waals surface area contributed by atoms with E-state index < -0.39 is 47.0 Å². The molecule has 34 heavy (non-hydrogen) atoms. The van der Waals surface area contributed by atoms with Crippen molar-refractivity contribution in [1.82, 2.24) is 24.6 Å². The van der Waals surface area contributed by atoms with Crippen LogP contribution in [0.2, 0.25) is 0 Å². The Morgan fingerprint density at radius 2 is 2.15 bits per heavy atom. The van der Waals surface area contributed by atoms with Crippen LogP contribution in [0.4, 0.5) is 18.3 Å². The number of carboxylic acid groups (broad SMARTS) is 1. The lowest BCUT2D eigenvalue weighted by atomic mass is 9.86. The second-order valence-electron chi connectivity index (χ2n) is 6.97. The molecule has 4 heterocycles. The monoisotopic (exact) mass is 535 g/mol. The highest BCUT2D eigenvalue weighted by molar-refractivity contribution is 8.04. The fourth-order valence-corrected chi connectivity index (χ4v) is 6.01. The minimum absolute atomic E-state index is 0.0125. The molecule has 2 aliphatic rings. The predicted octanol–water partition coefficient (Wildman–Crippen LogP) is 1.98. The lowest BCUT2D eigenvalue weighted by Crippen LogP contribution is -2.71. The number of aromatic nitrogens is 3. The summed E-state index contributed by atoms with van der Waals surface area (Å²) in [5.41, 5.74) is 5.05. The molecule has 0 radical (unpaired) electrons. The average molecular weight is 536 g/mol. The van der Waals surface area contributed by atoms with Crippen molar-refractivity contribution >= 4 is 57.5 Å². The first kappa shape index (κ1) is 24.0. The van der Waals surface area contributed by atoms with E-state index in [1.165, 1.54) is 0 Å². The number of thioether (sulfide) groups is 1. The summed E-state index contributed by atoms with van der Waals surface area (Å²) in [5.74, 6) is -3.38. The highest BCUT2D eigenvalue weighted by atomic mass is 32.2. The number of aliphatic carboxylic acids is 1. The lowest BCUT2D eigenvalue weighted by Gasteiger charge is -2.50. The molecule has 1 saturated heterocycles. The van der Waals surface area contributed by atoms with Crippen molar-refractivity contribution in [2.75, 3.05) is 5.73 Å². The van der Waals surface area contributed by atoms with E-state index >= 15 is 0 Å². The molecule has 3 unspecified atom stereocenters. The van der Waals surface area contributed by atoms with Crippen molar-refractivity contribution in [2.24, 2.45) is 5.18 Å². The highest BCUT2D eigenvalue weighted by Gasteiger charge is 2.54. The molecule has 0 saturated carbocycles. The van der Waals surface area contributed by atoms with E-state index in [2.05, 4.69) is 24.8 Å². The number of nitrogens with zero attached hydrogens (tertiary/aromatic N) is 5. The van der Waals surface area contributed by atoms with E-state index in [1.54, 1.807) is 0 Å². The van der Waals surface area contributed by atoms with E-state index in [0.29, 0.717) is 17.5 Å². The fourth-order valence-electron chi connectivity index (χ4n) is 3.47. The summed E-state index contributed by atoms with van der Waals surface area (Å²) >= 11 is 1.86. The van der Waals surface area contributed by atoms with Gasteiger partial charge < -0.3 is 16.2 Å². The number of nitrogens with two attached hydrogens (primary N) is 1. The summed E-state index contributed by atoms with van der Waals surface area (Å²) < 4.78 is 42.2. The maximum Gasteiger partial charge on any atom is 0.427 e. The number of nitrogen functional groups attached to an aromatic ring is 1. The number of anilines is 1. The number of carboxylic acids is 1. The maximum atomic E-state index is 12.8. The molecule has 2 aromatic rings. The maximum absolute atomic E-state index is 12.8. The lowest BCUT2D eigenvalue weighted by molar-refractivity contribution is -0.156. The SMILES string of the molecule is Nc1nc(C(N=O)C(=O)NC2C(=O)N3C(C(=O)O)=C(Sc4ncc(C(F)(F)F)s4)CCC23)ns1. The van der Waals surface area contributed by atoms with Crippen LogP contribution in [-0.2, 0) is 20.6 Å². The summed E-state index contributed by atoms with van der Waals surface area (Å²) in [5, 5.41) is 14.7. The molecule has 12 nitrogen and oxygen atoms in total.